The molecule has 0 fully saturated rings. The summed E-state index contributed by atoms with van der Waals surface area (Å²) in [6, 6.07) is 3.94. The predicted molar refractivity (Wildman–Crippen MR) is 75.0 cm³/mol. The molecule has 5 nitrogen and oxygen atoms in total. The second-order valence-electron chi connectivity index (χ2n) is 4.15. The Balaban J connectivity index is 2.61. The minimum Gasteiger partial charge on any atom is -0.496 e. The van der Waals surface area contributed by atoms with Crippen LogP contribution in [0.25, 0.3) is 0 Å². The quantitative estimate of drug-likeness (QED) is 0.656. The van der Waals surface area contributed by atoms with E-state index in [1.165, 1.54) is 19.4 Å². The lowest BCUT2D eigenvalue weighted by atomic mass is 10.0. The molecule has 0 aliphatic heterocycles. The van der Waals surface area contributed by atoms with Crippen molar-refractivity contribution in [3.8, 4) is 5.75 Å². The molecule has 0 aliphatic rings. The fourth-order valence-corrected chi connectivity index (χ4v) is 2.44. The maximum absolute atomic E-state index is 14.2. The van der Waals surface area contributed by atoms with Crippen LogP contribution in [0.15, 0.2) is 24.4 Å². The first-order chi connectivity index (χ1) is 9.63. The molecule has 0 radical (unpaired) electrons. The molecule has 7 heteroatoms. The minimum absolute atomic E-state index is 0.301. The first-order valence-electron chi connectivity index (χ1n) is 6.13. The highest BCUT2D eigenvalue weighted by Crippen LogP contribution is 2.34. The Morgan fingerprint density at radius 2 is 2.30 bits per heavy atom. The molecule has 20 heavy (non-hydrogen) atoms. The van der Waals surface area contributed by atoms with E-state index in [4.69, 9.17) is 22.2 Å². The topological polar surface area (TPSA) is 65.1 Å². The molecule has 0 aliphatic carbocycles. The molecule has 2 aromatic rings. The van der Waals surface area contributed by atoms with E-state index < -0.39 is 11.9 Å². The molecule has 0 spiro atoms. The molecule has 3 N–H and O–H groups in total. The van der Waals surface area contributed by atoms with E-state index in [0.717, 1.165) is 0 Å². The number of halogens is 2. The second kappa shape index (κ2) is 6.21. The Hall–Kier alpha value is -1.63. The number of methoxy groups -OCH3 is 1. The first kappa shape index (κ1) is 14.8. The third-order valence-corrected chi connectivity index (χ3v) is 3.39. The Bertz CT molecular complexity index is 602. The lowest BCUT2D eigenvalue weighted by molar-refractivity contribution is 0.394. The molecule has 1 aromatic carbocycles. The Kier molecular flexibility index (Phi) is 4.59. The monoisotopic (exact) mass is 298 g/mol. The fourth-order valence-electron chi connectivity index (χ4n) is 2.19. The van der Waals surface area contributed by atoms with Crippen LogP contribution >= 0.6 is 11.6 Å². The summed E-state index contributed by atoms with van der Waals surface area (Å²) >= 11 is 6.15. The fraction of sp³-hybridized carbons (Fsp3) is 0.308. The van der Waals surface area contributed by atoms with E-state index in [1.54, 1.807) is 16.8 Å². The number of aromatic nitrogens is 2. The van der Waals surface area contributed by atoms with E-state index in [1.807, 2.05) is 6.92 Å². The summed E-state index contributed by atoms with van der Waals surface area (Å²) in [6.45, 7) is 2.51. The summed E-state index contributed by atoms with van der Waals surface area (Å²) in [4.78, 5) is 0. The third-order valence-electron chi connectivity index (χ3n) is 3.09. The van der Waals surface area contributed by atoms with Gasteiger partial charge in [0.1, 0.15) is 11.6 Å². The number of ether oxygens (including phenoxy) is 1. The molecule has 1 atom stereocenters. The lowest BCUT2D eigenvalue weighted by Gasteiger charge is -2.21. The molecule has 1 unspecified atom stereocenters. The van der Waals surface area contributed by atoms with Gasteiger partial charge < -0.3 is 4.74 Å². The number of rotatable bonds is 5. The van der Waals surface area contributed by atoms with Crippen LogP contribution in [0.1, 0.15) is 24.2 Å². The van der Waals surface area contributed by atoms with Crippen LogP contribution in [0.5, 0.6) is 5.75 Å². The number of hydrogen-bond acceptors (Lipinski definition) is 4. The Morgan fingerprint density at radius 3 is 2.90 bits per heavy atom. The largest absolute Gasteiger partial charge is 0.496 e. The van der Waals surface area contributed by atoms with Gasteiger partial charge in [-0.05, 0) is 19.1 Å². The van der Waals surface area contributed by atoms with Gasteiger partial charge in [-0.2, -0.15) is 5.10 Å². The standard InChI is InChI=1S/C13H16ClFN4O/c1-3-19-13(8(14)7-17-19)12(18-16)11-9(15)5-4-6-10(11)20-2/h4-7,12,18H,3,16H2,1-2H3. The van der Waals surface area contributed by atoms with Crippen molar-refractivity contribution in [3.05, 3.63) is 46.5 Å². The molecule has 1 aromatic heterocycles. The smallest absolute Gasteiger partial charge is 0.132 e. The summed E-state index contributed by atoms with van der Waals surface area (Å²) in [5.41, 5.74) is 3.48. The van der Waals surface area contributed by atoms with Crippen molar-refractivity contribution in [3.63, 3.8) is 0 Å². The highest BCUT2D eigenvalue weighted by atomic mass is 35.5. The van der Waals surface area contributed by atoms with Crippen LogP contribution in [0.4, 0.5) is 4.39 Å². The number of nitrogens with one attached hydrogen (secondary N) is 1. The van der Waals surface area contributed by atoms with Crippen LogP contribution in [0.2, 0.25) is 5.02 Å². The van der Waals surface area contributed by atoms with E-state index in [-0.39, 0.29) is 0 Å². The molecule has 108 valence electrons. The van der Waals surface area contributed by atoms with Crippen molar-refractivity contribution < 1.29 is 9.13 Å². The minimum atomic E-state index is -0.652. The summed E-state index contributed by atoms with van der Waals surface area (Å²) in [6.07, 6.45) is 1.51. The molecule has 0 amide bonds. The summed E-state index contributed by atoms with van der Waals surface area (Å²) in [7, 11) is 1.48. The number of nitrogens with two attached hydrogens (primary N) is 1. The van der Waals surface area contributed by atoms with E-state index >= 15 is 0 Å². The van der Waals surface area contributed by atoms with Gasteiger partial charge in [0.25, 0.3) is 0 Å². The molecule has 1 heterocycles. The third kappa shape index (κ3) is 2.49. The summed E-state index contributed by atoms with van der Waals surface area (Å²) in [5, 5.41) is 4.56. The molecular weight excluding hydrogens is 283 g/mol. The number of hydrazine groups is 1. The first-order valence-corrected chi connectivity index (χ1v) is 6.51. The van der Waals surface area contributed by atoms with E-state index in [9.17, 15) is 4.39 Å². The van der Waals surface area contributed by atoms with Gasteiger partial charge >= 0.3 is 0 Å². The highest BCUT2D eigenvalue weighted by Gasteiger charge is 2.26. The van der Waals surface area contributed by atoms with Gasteiger partial charge in [0, 0.05) is 6.54 Å². The van der Waals surface area contributed by atoms with Crippen LogP contribution in [0, 0.1) is 5.82 Å². The normalized spacial score (nSPS) is 12.4. The van der Waals surface area contributed by atoms with Crippen molar-refractivity contribution in [2.45, 2.75) is 19.5 Å². The number of hydrogen-bond donors (Lipinski definition) is 2. The van der Waals surface area contributed by atoms with Crippen molar-refractivity contribution in [1.29, 1.82) is 0 Å². The zero-order valence-electron chi connectivity index (χ0n) is 11.2. The highest BCUT2D eigenvalue weighted by molar-refractivity contribution is 6.31. The van der Waals surface area contributed by atoms with Crippen LogP contribution in [0.3, 0.4) is 0 Å². The van der Waals surface area contributed by atoms with E-state index in [2.05, 4.69) is 10.5 Å². The second-order valence-corrected chi connectivity index (χ2v) is 4.56. The van der Waals surface area contributed by atoms with Crippen molar-refractivity contribution in [1.82, 2.24) is 15.2 Å². The van der Waals surface area contributed by atoms with Gasteiger partial charge in [0.05, 0.1) is 35.6 Å². The molecule has 0 saturated heterocycles. The Labute approximate surface area is 121 Å². The van der Waals surface area contributed by atoms with Crippen molar-refractivity contribution in [2.75, 3.05) is 7.11 Å². The Morgan fingerprint density at radius 1 is 1.55 bits per heavy atom. The van der Waals surface area contributed by atoms with Gasteiger partial charge in [-0.1, -0.05) is 17.7 Å². The van der Waals surface area contributed by atoms with Crippen LogP contribution in [-0.2, 0) is 6.54 Å². The number of aryl methyl sites for hydroxylation is 1. The van der Waals surface area contributed by atoms with Gasteiger partial charge in [-0.25, -0.2) is 9.82 Å². The van der Waals surface area contributed by atoms with Gasteiger partial charge in [-0.15, -0.1) is 0 Å². The number of nitrogens with zero attached hydrogens (tertiary/aromatic N) is 2. The average molecular weight is 299 g/mol. The molecule has 2 rings (SSSR count). The zero-order valence-corrected chi connectivity index (χ0v) is 12.0. The summed E-state index contributed by atoms with van der Waals surface area (Å²) < 4.78 is 21.1. The lowest BCUT2D eigenvalue weighted by Crippen LogP contribution is -2.32. The van der Waals surface area contributed by atoms with E-state index in [0.29, 0.717) is 28.6 Å². The van der Waals surface area contributed by atoms with Crippen molar-refractivity contribution in [2.24, 2.45) is 5.84 Å². The van der Waals surface area contributed by atoms with Gasteiger partial charge in [0.15, 0.2) is 0 Å². The van der Waals surface area contributed by atoms with Crippen LogP contribution in [-0.4, -0.2) is 16.9 Å². The number of benzene rings is 1. The predicted octanol–water partition coefficient (Wildman–Crippen LogP) is 2.26. The van der Waals surface area contributed by atoms with Gasteiger partial charge in [-0.3, -0.25) is 10.5 Å². The maximum Gasteiger partial charge on any atom is 0.132 e. The average Bonchev–Trinajstić information content (AvgIpc) is 2.82. The van der Waals surface area contributed by atoms with Crippen molar-refractivity contribution >= 4 is 11.6 Å². The maximum atomic E-state index is 14.2. The summed E-state index contributed by atoms with van der Waals surface area (Å²) in [5.74, 6) is 5.58. The molecule has 0 bridgehead atoms. The molecule has 0 saturated carbocycles. The van der Waals surface area contributed by atoms with Gasteiger partial charge in [0.2, 0.25) is 0 Å². The SMILES string of the molecule is CCn1ncc(Cl)c1C(NN)c1c(F)cccc1OC. The molecular formula is C13H16ClFN4O. The zero-order chi connectivity index (χ0) is 14.7. The van der Waals surface area contributed by atoms with Crippen LogP contribution < -0.4 is 16.0 Å².